The Morgan fingerprint density at radius 1 is 1.20 bits per heavy atom. The maximum absolute atomic E-state index is 8.95. The minimum Gasteiger partial charge on any atom is -0.471 e. The second kappa shape index (κ2) is 6.52. The molecule has 1 aromatic carbocycles. The summed E-state index contributed by atoms with van der Waals surface area (Å²) in [5.74, 6) is 0. The number of nitrogens with one attached hydrogen (secondary N) is 1. The molecule has 1 N–H and O–H groups in total. The van der Waals surface area contributed by atoms with E-state index in [1.807, 2.05) is 12.3 Å². The SMILES string of the molecule is COC=O.Cc1cc2ccc(-c3cccnc3)cc2[nH]1. The van der Waals surface area contributed by atoms with Gasteiger partial charge in [0.1, 0.15) is 0 Å². The van der Waals surface area contributed by atoms with Crippen LogP contribution in [-0.2, 0) is 9.53 Å². The second-order valence-electron chi connectivity index (χ2n) is 4.33. The monoisotopic (exact) mass is 268 g/mol. The number of hydrogen-bond acceptors (Lipinski definition) is 3. The number of aromatic amines is 1. The van der Waals surface area contributed by atoms with Gasteiger partial charge in [-0.05, 0) is 36.1 Å². The Morgan fingerprint density at radius 3 is 2.65 bits per heavy atom. The summed E-state index contributed by atoms with van der Waals surface area (Å²) in [6, 6.07) is 12.6. The molecule has 3 aromatic rings. The average molecular weight is 268 g/mol. The van der Waals surface area contributed by atoms with E-state index in [0.717, 1.165) is 5.56 Å². The molecule has 0 saturated carbocycles. The highest BCUT2D eigenvalue weighted by Crippen LogP contribution is 2.23. The zero-order chi connectivity index (χ0) is 14.4. The van der Waals surface area contributed by atoms with E-state index in [-0.39, 0.29) is 0 Å². The molecule has 20 heavy (non-hydrogen) atoms. The number of nitrogens with zero attached hydrogens (tertiary/aromatic N) is 1. The summed E-state index contributed by atoms with van der Waals surface area (Å²) in [4.78, 5) is 16.4. The van der Waals surface area contributed by atoms with Gasteiger partial charge in [0.2, 0.25) is 0 Å². The quantitative estimate of drug-likeness (QED) is 0.725. The van der Waals surface area contributed by atoms with E-state index in [4.69, 9.17) is 4.79 Å². The molecule has 4 nitrogen and oxygen atoms in total. The molecule has 2 heterocycles. The molecule has 0 saturated heterocycles. The van der Waals surface area contributed by atoms with Crippen LogP contribution in [0.4, 0.5) is 0 Å². The first-order chi connectivity index (χ1) is 9.74. The zero-order valence-corrected chi connectivity index (χ0v) is 11.5. The number of pyridine rings is 1. The van der Waals surface area contributed by atoms with Crippen molar-refractivity contribution in [3.63, 3.8) is 0 Å². The maximum atomic E-state index is 8.95. The molecular formula is C16H16N2O2. The highest BCUT2D eigenvalue weighted by atomic mass is 16.5. The van der Waals surface area contributed by atoms with E-state index in [2.05, 4.69) is 52.0 Å². The molecule has 0 atom stereocenters. The van der Waals surface area contributed by atoms with Gasteiger partial charge in [0, 0.05) is 29.2 Å². The highest BCUT2D eigenvalue weighted by Gasteiger charge is 2.01. The summed E-state index contributed by atoms with van der Waals surface area (Å²) >= 11 is 0. The molecule has 0 aliphatic heterocycles. The first kappa shape index (κ1) is 13.8. The van der Waals surface area contributed by atoms with Crippen molar-refractivity contribution < 1.29 is 9.53 Å². The van der Waals surface area contributed by atoms with Gasteiger partial charge < -0.3 is 9.72 Å². The van der Waals surface area contributed by atoms with Gasteiger partial charge in [-0.25, -0.2) is 0 Å². The van der Waals surface area contributed by atoms with Crippen LogP contribution in [0.1, 0.15) is 5.69 Å². The standard InChI is InChI=1S/C14H12N2.C2H4O2/c1-10-7-12-5-4-11(8-14(12)16-10)13-3-2-6-15-9-13;1-4-2-3/h2-9,16H,1H3;2H,1H3. The summed E-state index contributed by atoms with van der Waals surface area (Å²) < 4.78 is 3.86. The number of ether oxygens (including phenoxy) is 1. The van der Waals surface area contributed by atoms with Crippen LogP contribution >= 0.6 is 0 Å². The van der Waals surface area contributed by atoms with Crippen LogP contribution in [0.5, 0.6) is 0 Å². The van der Waals surface area contributed by atoms with Crippen LogP contribution < -0.4 is 0 Å². The lowest BCUT2D eigenvalue weighted by atomic mass is 10.1. The fourth-order valence-corrected chi connectivity index (χ4v) is 1.99. The minimum atomic E-state index is 0.375. The van der Waals surface area contributed by atoms with Crippen LogP contribution in [0, 0.1) is 6.92 Å². The molecule has 0 amide bonds. The largest absolute Gasteiger partial charge is 0.471 e. The van der Waals surface area contributed by atoms with Crippen LogP contribution in [-0.4, -0.2) is 23.5 Å². The number of methoxy groups -OCH3 is 1. The van der Waals surface area contributed by atoms with Crippen molar-refractivity contribution in [1.82, 2.24) is 9.97 Å². The Labute approximate surface area is 117 Å². The highest BCUT2D eigenvalue weighted by molar-refractivity contribution is 5.85. The van der Waals surface area contributed by atoms with Gasteiger partial charge >= 0.3 is 0 Å². The topological polar surface area (TPSA) is 55.0 Å². The third kappa shape index (κ3) is 3.23. The van der Waals surface area contributed by atoms with E-state index in [1.54, 1.807) is 6.20 Å². The number of hydrogen-bond donors (Lipinski definition) is 1. The molecular weight excluding hydrogens is 252 g/mol. The summed E-state index contributed by atoms with van der Waals surface area (Å²) in [5.41, 5.74) is 4.72. The number of benzene rings is 1. The third-order valence-corrected chi connectivity index (χ3v) is 2.85. The number of fused-ring (bicyclic) bond motifs is 1. The van der Waals surface area contributed by atoms with Gasteiger partial charge in [-0.15, -0.1) is 0 Å². The lowest BCUT2D eigenvalue weighted by molar-refractivity contribution is -0.126. The Hall–Kier alpha value is -2.62. The van der Waals surface area contributed by atoms with E-state index in [0.29, 0.717) is 6.47 Å². The van der Waals surface area contributed by atoms with Gasteiger partial charge in [0.05, 0.1) is 7.11 Å². The van der Waals surface area contributed by atoms with Crippen LogP contribution in [0.25, 0.3) is 22.0 Å². The number of carbonyl (C=O) groups excluding carboxylic acids is 1. The van der Waals surface area contributed by atoms with Crippen molar-refractivity contribution in [2.45, 2.75) is 6.92 Å². The van der Waals surface area contributed by atoms with Gasteiger partial charge in [-0.2, -0.15) is 0 Å². The fourth-order valence-electron chi connectivity index (χ4n) is 1.99. The molecule has 0 unspecified atom stereocenters. The maximum Gasteiger partial charge on any atom is 0.292 e. The summed E-state index contributed by atoms with van der Waals surface area (Å²) in [5, 5.41) is 1.25. The van der Waals surface area contributed by atoms with Crippen molar-refractivity contribution in [3.05, 3.63) is 54.5 Å². The Kier molecular flexibility index (Phi) is 4.50. The molecule has 0 aliphatic carbocycles. The van der Waals surface area contributed by atoms with E-state index in [1.165, 1.54) is 29.3 Å². The van der Waals surface area contributed by atoms with Crippen molar-refractivity contribution in [2.75, 3.05) is 7.11 Å². The average Bonchev–Trinajstić information content (AvgIpc) is 2.87. The molecule has 0 bridgehead atoms. The Bertz CT molecular complexity index is 690. The number of aryl methyl sites for hydroxylation is 1. The Morgan fingerprint density at radius 2 is 2.00 bits per heavy atom. The molecule has 0 spiro atoms. The number of rotatable bonds is 2. The van der Waals surface area contributed by atoms with Gasteiger partial charge in [-0.3, -0.25) is 9.78 Å². The van der Waals surface area contributed by atoms with E-state index >= 15 is 0 Å². The van der Waals surface area contributed by atoms with Crippen LogP contribution in [0.2, 0.25) is 0 Å². The predicted octanol–water partition coefficient (Wildman–Crippen LogP) is 3.33. The molecule has 3 rings (SSSR count). The first-order valence-corrected chi connectivity index (χ1v) is 6.21. The number of H-pyrrole nitrogens is 1. The fraction of sp³-hybridized carbons (Fsp3) is 0.125. The van der Waals surface area contributed by atoms with Gasteiger partial charge in [0.25, 0.3) is 6.47 Å². The zero-order valence-electron chi connectivity index (χ0n) is 11.5. The van der Waals surface area contributed by atoms with Crippen LogP contribution in [0.3, 0.4) is 0 Å². The summed E-state index contributed by atoms with van der Waals surface area (Å²) in [6.07, 6.45) is 3.68. The smallest absolute Gasteiger partial charge is 0.292 e. The normalized spacial score (nSPS) is 9.70. The predicted molar refractivity (Wildman–Crippen MR) is 79.3 cm³/mol. The van der Waals surface area contributed by atoms with E-state index in [9.17, 15) is 0 Å². The molecule has 102 valence electrons. The minimum absolute atomic E-state index is 0.375. The lowest BCUT2D eigenvalue weighted by Crippen LogP contribution is -1.79. The molecule has 0 fully saturated rings. The van der Waals surface area contributed by atoms with Crippen molar-refractivity contribution in [1.29, 1.82) is 0 Å². The van der Waals surface area contributed by atoms with Crippen molar-refractivity contribution in [2.24, 2.45) is 0 Å². The van der Waals surface area contributed by atoms with E-state index < -0.39 is 0 Å². The lowest BCUT2D eigenvalue weighted by Gasteiger charge is -2.00. The van der Waals surface area contributed by atoms with Gasteiger partial charge in [0.15, 0.2) is 0 Å². The molecule has 2 aromatic heterocycles. The number of aromatic nitrogens is 2. The summed E-state index contributed by atoms with van der Waals surface area (Å²) in [7, 11) is 1.31. The summed E-state index contributed by atoms with van der Waals surface area (Å²) in [6.45, 7) is 2.45. The molecule has 0 radical (unpaired) electrons. The number of carbonyl (C=O) groups is 1. The Balaban J connectivity index is 0.000000328. The van der Waals surface area contributed by atoms with Crippen molar-refractivity contribution in [3.8, 4) is 11.1 Å². The molecule has 0 aliphatic rings. The van der Waals surface area contributed by atoms with Crippen LogP contribution in [0.15, 0.2) is 48.8 Å². The second-order valence-corrected chi connectivity index (χ2v) is 4.33. The first-order valence-electron chi connectivity index (χ1n) is 6.21. The molecule has 4 heteroatoms. The third-order valence-electron chi connectivity index (χ3n) is 2.85. The van der Waals surface area contributed by atoms with Gasteiger partial charge in [-0.1, -0.05) is 18.2 Å². The van der Waals surface area contributed by atoms with Crippen molar-refractivity contribution >= 4 is 17.4 Å².